The van der Waals surface area contributed by atoms with Crippen LogP contribution in [0.5, 0.6) is 11.5 Å². The third-order valence-corrected chi connectivity index (χ3v) is 8.94. The van der Waals surface area contributed by atoms with Gasteiger partial charge in [0.15, 0.2) is 16.3 Å². The molecule has 0 unspecified atom stereocenters. The van der Waals surface area contributed by atoms with E-state index in [1.807, 2.05) is 47.8 Å². The van der Waals surface area contributed by atoms with Crippen molar-refractivity contribution in [2.45, 2.75) is 19.6 Å². The first-order valence-electron chi connectivity index (χ1n) is 13.8. The summed E-state index contributed by atoms with van der Waals surface area (Å²) in [5, 5.41) is 1.91. The van der Waals surface area contributed by atoms with Crippen LogP contribution in [-0.2, 0) is 16.1 Å². The number of esters is 1. The summed E-state index contributed by atoms with van der Waals surface area (Å²) in [6, 6.07) is 24.2. The number of rotatable bonds is 9. The molecule has 6 rings (SSSR count). The molecule has 5 aromatic rings. The van der Waals surface area contributed by atoms with Crippen LogP contribution in [0.25, 0.3) is 11.8 Å². The zero-order chi connectivity index (χ0) is 30.6. The van der Waals surface area contributed by atoms with Crippen LogP contribution in [0.4, 0.5) is 4.39 Å². The molecule has 1 aliphatic heterocycles. The van der Waals surface area contributed by atoms with E-state index in [9.17, 15) is 14.0 Å². The van der Waals surface area contributed by atoms with Crippen LogP contribution in [0.15, 0.2) is 106 Å². The van der Waals surface area contributed by atoms with Crippen LogP contribution in [-0.4, -0.2) is 24.3 Å². The van der Waals surface area contributed by atoms with Crippen molar-refractivity contribution in [3.05, 3.63) is 143 Å². The maximum absolute atomic E-state index is 14.3. The molecule has 0 amide bonds. The maximum Gasteiger partial charge on any atom is 0.338 e. The highest BCUT2D eigenvalue weighted by molar-refractivity contribution is 7.10. The van der Waals surface area contributed by atoms with Crippen LogP contribution in [0.1, 0.15) is 34.5 Å². The molecule has 222 valence electrons. The van der Waals surface area contributed by atoms with Crippen molar-refractivity contribution in [3.63, 3.8) is 0 Å². The molecule has 3 heterocycles. The molecule has 0 saturated heterocycles. The molecule has 3 aromatic carbocycles. The number of ether oxygens (including phenoxy) is 3. The molecule has 2 aromatic heterocycles. The monoisotopic (exact) mass is 626 g/mol. The third-order valence-electron chi connectivity index (χ3n) is 7.03. The number of hydrogen-bond acceptors (Lipinski definition) is 8. The molecule has 7 nitrogen and oxygen atoms in total. The lowest BCUT2D eigenvalue weighted by Gasteiger charge is -2.24. The summed E-state index contributed by atoms with van der Waals surface area (Å²) in [5.41, 5.74) is 2.15. The van der Waals surface area contributed by atoms with Gasteiger partial charge in [-0.05, 0) is 36.6 Å². The van der Waals surface area contributed by atoms with E-state index in [0.29, 0.717) is 43.2 Å². The molecule has 0 fully saturated rings. The van der Waals surface area contributed by atoms with Gasteiger partial charge in [-0.1, -0.05) is 78.1 Å². The standard InChI is InChI=1S/C34H27FN2O5S2/c1-3-41-33(39)28-29(21-11-5-4-6-12-21)36-34-37(30(28)26-17-10-18-43-26)32(38)27(44-34)19-22-14-9-16-25(40-2)31(22)42-20-23-13-7-8-15-24(23)35/h4-19,30H,3,20H2,1-2H3/b27-19-/t30-/m0/s1. The number of carbonyl (C=O) groups is 1. The Morgan fingerprint density at radius 1 is 1.02 bits per heavy atom. The van der Waals surface area contributed by atoms with Crippen LogP contribution in [0, 0.1) is 5.82 Å². The first-order valence-corrected chi connectivity index (χ1v) is 15.5. The number of aromatic nitrogens is 1. The highest BCUT2D eigenvalue weighted by Gasteiger charge is 2.35. The van der Waals surface area contributed by atoms with Gasteiger partial charge in [-0.25, -0.2) is 14.2 Å². The predicted molar refractivity (Wildman–Crippen MR) is 169 cm³/mol. The molecule has 1 atom stereocenters. The van der Waals surface area contributed by atoms with Crippen molar-refractivity contribution in [2.75, 3.05) is 13.7 Å². The highest BCUT2D eigenvalue weighted by Crippen LogP contribution is 2.37. The van der Waals surface area contributed by atoms with Crippen LogP contribution >= 0.6 is 22.7 Å². The third kappa shape index (κ3) is 5.61. The normalized spacial score (nSPS) is 14.6. The predicted octanol–water partition coefficient (Wildman–Crippen LogP) is 5.72. The van der Waals surface area contributed by atoms with E-state index in [1.165, 1.54) is 35.8 Å². The number of thiazole rings is 1. The van der Waals surface area contributed by atoms with Gasteiger partial charge in [-0.2, -0.15) is 0 Å². The van der Waals surface area contributed by atoms with Crippen molar-refractivity contribution in [1.29, 1.82) is 0 Å². The lowest BCUT2D eigenvalue weighted by molar-refractivity contribution is -0.138. The van der Waals surface area contributed by atoms with E-state index in [4.69, 9.17) is 19.2 Å². The Kier molecular flexibility index (Phi) is 8.53. The van der Waals surface area contributed by atoms with Gasteiger partial charge < -0.3 is 14.2 Å². The summed E-state index contributed by atoms with van der Waals surface area (Å²) in [7, 11) is 1.52. The van der Waals surface area contributed by atoms with Gasteiger partial charge in [0.2, 0.25) is 0 Å². The number of hydrogen-bond donors (Lipinski definition) is 0. The van der Waals surface area contributed by atoms with Crippen molar-refractivity contribution in [2.24, 2.45) is 4.99 Å². The van der Waals surface area contributed by atoms with Crippen molar-refractivity contribution in [1.82, 2.24) is 4.57 Å². The van der Waals surface area contributed by atoms with Gasteiger partial charge >= 0.3 is 5.97 Å². The van der Waals surface area contributed by atoms with E-state index >= 15 is 0 Å². The van der Waals surface area contributed by atoms with Crippen LogP contribution < -0.4 is 24.4 Å². The molecule has 0 bridgehead atoms. The highest BCUT2D eigenvalue weighted by atomic mass is 32.1. The zero-order valence-electron chi connectivity index (χ0n) is 23.9. The van der Waals surface area contributed by atoms with E-state index in [2.05, 4.69) is 0 Å². The molecule has 0 spiro atoms. The number of carbonyl (C=O) groups excluding carboxylic acids is 1. The molecule has 44 heavy (non-hydrogen) atoms. The number of halogens is 1. The van der Waals surface area contributed by atoms with Crippen molar-refractivity contribution < 1.29 is 23.4 Å². The number of para-hydroxylation sites is 1. The van der Waals surface area contributed by atoms with Gasteiger partial charge in [0, 0.05) is 21.6 Å². The smallest absolute Gasteiger partial charge is 0.338 e. The molecule has 0 radical (unpaired) electrons. The second-order valence-electron chi connectivity index (χ2n) is 9.71. The second kappa shape index (κ2) is 12.8. The zero-order valence-corrected chi connectivity index (χ0v) is 25.5. The molecule has 0 saturated carbocycles. The SMILES string of the molecule is CCOC(=O)C1=C(c2ccccc2)N=c2s/c(=C\c3cccc(OC)c3OCc3ccccc3F)c(=O)n2[C@H]1c1cccs1. The van der Waals surface area contributed by atoms with Gasteiger partial charge in [-0.15, -0.1) is 11.3 Å². The van der Waals surface area contributed by atoms with Gasteiger partial charge in [0.05, 0.1) is 29.5 Å². The number of methoxy groups -OCH3 is 1. The summed E-state index contributed by atoms with van der Waals surface area (Å²) in [6.45, 7) is 1.89. The largest absolute Gasteiger partial charge is 0.493 e. The summed E-state index contributed by atoms with van der Waals surface area (Å²) < 4.78 is 33.4. The molecule has 0 N–H and O–H groups in total. The molecular formula is C34H27FN2O5S2. The lowest BCUT2D eigenvalue weighted by atomic mass is 9.97. The average molecular weight is 627 g/mol. The minimum Gasteiger partial charge on any atom is -0.493 e. The fourth-order valence-corrected chi connectivity index (χ4v) is 6.84. The molecule has 10 heteroatoms. The Hall–Kier alpha value is -4.80. The fraction of sp³-hybridized carbons (Fsp3) is 0.147. The Morgan fingerprint density at radius 2 is 1.82 bits per heavy atom. The maximum atomic E-state index is 14.3. The number of fused-ring (bicyclic) bond motifs is 1. The van der Waals surface area contributed by atoms with E-state index in [-0.39, 0.29) is 24.6 Å². The Balaban J connectivity index is 1.53. The Morgan fingerprint density at radius 3 is 2.55 bits per heavy atom. The quantitative estimate of drug-likeness (QED) is 0.196. The number of nitrogens with zero attached hydrogens (tertiary/aromatic N) is 2. The van der Waals surface area contributed by atoms with Crippen LogP contribution in [0.3, 0.4) is 0 Å². The summed E-state index contributed by atoms with van der Waals surface area (Å²) >= 11 is 2.66. The van der Waals surface area contributed by atoms with E-state index in [1.54, 1.807) is 54.0 Å². The first kappa shape index (κ1) is 29.3. The molecule has 1 aliphatic rings. The minimum absolute atomic E-state index is 0.0309. The van der Waals surface area contributed by atoms with E-state index < -0.39 is 12.0 Å². The molecular weight excluding hydrogens is 600 g/mol. The lowest BCUT2D eigenvalue weighted by Crippen LogP contribution is -2.39. The minimum atomic E-state index is -0.732. The average Bonchev–Trinajstić information content (AvgIpc) is 3.69. The summed E-state index contributed by atoms with van der Waals surface area (Å²) in [5.74, 6) is -0.0942. The number of benzene rings is 3. The van der Waals surface area contributed by atoms with E-state index in [0.717, 1.165) is 10.4 Å². The number of thiophene rings is 1. The first-order chi connectivity index (χ1) is 21.5. The Labute approximate surface area is 260 Å². The van der Waals surface area contributed by atoms with Crippen molar-refractivity contribution in [3.8, 4) is 11.5 Å². The van der Waals surface area contributed by atoms with Gasteiger partial charge in [0.1, 0.15) is 18.5 Å². The topological polar surface area (TPSA) is 79.1 Å². The van der Waals surface area contributed by atoms with Crippen molar-refractivity contribution >= 4 is 40.4 Å². The van der Waals surface area contributed by atoms with Gasteiger partial charge in [-0.3, -0.25) is 9.36 Å². The summed E-state index contributed by atoms with van der Waals surface area (Å²) in [4.78, 5) is 33.8. The fourth-order valence-electron chi connectivity index (χ4n) is 5.02. The molecule has 0 aliphatic carbocycles. The summed E-state index contributed by atoms with van der Waals surface area (Å²) in [6.07, 6.45) is 1.71. The van der Waals surface area contributed by atoms with Gasteiger partial charge in [0.25, 0.3) is 5.56 Å². The van der Waals surface area contributed by atoms with Crippen LogP contribution in [0.2, 0.25) is 0 Å². The Bertz CT molecular complexity index is 2030. The second-order valence-corrected chi connectivity index (χ2v) is 11.7.